The van der Waals surface area contributed by atoms with Crippen molar-refractivity contribution in [3.8, 4) is 5.75 Å². The third-order valence-corrected chi connectivity index (χ3v) is 7.29. The van der Waals surface area contributed by atoms with E-state index in [-0.39, 0.29) is 23.3 Å². The van der Waals surface area contributed by atoms with Crippen LogP contribution in [0.3, 0.4) is 0 Å². The fraction of sp³-hybridized carbons (Fsp3) is 0.350. The normalized spacial score (nSPS) is 30.9. The van der Waals surface area contributed by atoms with Gasteiger partial charge in [-0.25, -0.2) is 0 Å². The van der Waals surface area contributed by atoms with Crippen molar-refractivity contribution in [3.05, 3.63) is 46.4 Å². The van der Waals surface area contributed by atoms with Crippen LogP contribution in [0.4, 0.5) is 0 Å². The number of phenols is 1. The zero-order chi connectivity index (χ0) is 22.1. The lowest BCUT2D eigenvalue weighted by molar-refractivity contribution is -0.147. The number of ketones is 2. The minimum absolute atomic E-state index is 0.0247. The number of aliphatic hydroxyl groups excluding tert-OH is 2. The summed E-state index contributed by atoms with van der Waals surface area (Å²) in [4.78, 5) is 40.1. The van der Waals surface area contributed by atoms with Gasteiger partial charge in [-0.1, -0.05) is 6.07 Å². The highest BCUT2D eigenvalue weighted by atomic mass is 32.2. The standard InChI is InChI=1S/C20H20N2O7S/c1-22(2)14-7-6-10-12(15(24)11-8(23)4-3-5-9(11)30-10)17(26)20(7,29)18(27)13(16(14)25)19(21)28/h3-5,7,10,14,23,25-26,29H,6H2,1-2H3,(H2,21,28). The smallest absolute Gasteiger partial charge is 0.255 e. The molecule has 6 N–H and O–H groups in total. The molecule has 1 aromatic carbocycles. The van der Waals surface area contributed by atoms with Crippen molar-refractivity contribution in [1.82, 2.24) is 4.90 Å². The summed E-state index contributed by atoms with van der Waals surface area (Å²) in [7, 11) is 3.16. The molecule has 1 heterocycles. The van der Waals surface area contributed by atoms with E-state index in [9.17, 15) is 34.8 Å². The highest BCUT2D eigenvalue weighted by molar-refractivity contribution is 8.00. The minimum atomic E-state index is -2.62. The summed E-state index contributed by atoms with van der Waals surface area (Å²) in [6.45, 7) is 0. The Labute approximate surface area is 175 Å². The zero-order valence-electron chi connectivity index (χ0n) is 16.1. The predicted molar refractivity (Wildman–Crippen MR) is 106 cm³/mol. The molecule has 4 rings (SSSR count). The van der Waals surface area contributed by atoms with Crippen LogP contribution in [-0.4, -0.2) is 73.8 Å². The van der Waals surface area contributed by atoms with Crippen molar-refractivity contribution in [2.45, 2.75) is 28.2 Å². The lowest BCUT2D eigenvalue weighted by Crippen LogP contribution is -2.64. The average molecular weight is 432 g/mol. The number of fused-ring (bicyclic) bond motifs is 3. The Morgan fingerprint density at radius 3 is 2.50 bits per heavy atom. The van der Waals surface area contributed by atoms with Crippen LogP contribution in [0, 0.1) is 5.92 Å². The number of thioether (sulfide) groups is 1. The molecular formula is C20H20N2O7S. The summed E-state index contributed by atoms with van der Waals surface area (Å²) in [5.41, 5.74) is 1.62. The molecule has 0 radical (unpaired) electrons. The molecule has 4 atom stereocenters. The van der Waals surface area contributed by atoms with E-state index in [1.807, 2.05) is 0 Å². The molecule has 3 aliphatic rings. The van der Waals surface area contributed by atoms with Gasteiger partial charge in [-0.3, -0.25) is 19.3 Å². The fourth-order valence-electron chi connectivity index (χ4n) is 4.67. The number of likely N-dealkylation sites (N-methyl/N-ethyl adjacent to an activating group) is 1. The first-order valence-electron chi connectivity index (χ1n) is 9.15. The Morgan fingerprint density at radius 1 is 1.23 bits per heavy atom. The Balaban J connectivity index is 1.97. The SMILES string of the molecule is CN(C)C1C(O)=C(C(N)=O)C(=O)C2(O)C(O)=C3C(=O)c4c(O)cccc4SC3CC12. The topological polar surface area (TPSA) is 161 Å². The molecule has 9 nitrogen and oxygen atoms in total. The van der Waals surface area contributed by atoms with Gasteiger partial charge >= 0.3 is 0 Å². The number of benzene rings is 1. The maximum absolute atomic E-state index is 13.1. The van der Waals surface area contributed by atoms with Crippen LogP contribution in [-0.2, 0) is 9.59 Å². The van der Waals surface area contributed by atoms with E-state index in [1.54, 1.807) is 26.2 Å². The molecule has 30 heavy (non-hydrogen) atoms. The van der Waals surface area contributed by atoms with E-state index in [4.69, 9.17) is 5.73 Å². The van der Waals surface area contributed by atoms with Gasteiger partial charge in [0.15, 0.2) is 11.4 Å². The van der Waals surface area contributed by atoms with Crippen LogP contribution in [0.2, 0.25) is 0 Å². The van der Waals surface area contributed by atoms with Crippen LogP contribution >= 0.6 is 11.8 Å². The first-order valence-corrected chi connectivity index (χ1v) is 10.0. The predicted octanol–water partition coefficient (Wildman–Crippen LogP) is 0.423. The first-order chi connectivity index (χ1) is 14.0. The second-order valence-electron chi connectivity index (χ2n) is 7.82. The number of amides is 1. The second kappa shape index (κ2) is 6.59. The maximum Gasteiger partial charge on any atom is 0.255 e. The number of Topliss-reactive ketones (excluding diaryl/α,β-unsaturated/α-hetero) is 2. The van der Waals surface area contributed by atoms with Crippen LogP contribution in [0.15, 0.2) is 45.8 Å². The number of carbonyl (C=O) groups excluding carboxylic acids is 3. The van der Waals surface area contributed by atoms with Crippen molar-refractivity contribution < 1.29 is 34.8 Å². The molecule has 0 fully saturated rings. The molecule has 2 aliphatic carbocycles. The zero-order valence-corrected chi connectivity index (χ0v) is 16.9. The van der Waals surface area contributed by atoms with Gasteiger partial charge in [-0.05, 0) is 32.6 Å². The highest BCUT2D eigenvalue weighted by Gasteiger charge is 2.63. The van der Waals surface area contributed by atoms with Crippen LogP contribution in [0.5, 0.6) is 5.75 Å². The first kappa shape index (κ1) is 20.5. The summed E-state index contributed by atoms with van der Waals surface area (Å²) in [5, 5.41) is 42.6. The maximum atomic E-state index is 13.1. The number of phenolic OH excluding ortho intramolecular Hbond substituents is 1. The lowest BCUT2D eigenvalue weighted by Gasteiger charge is -2.49. The van der Waals surface area contributed by atoms with Crippen molar-refractivity contribution in [3.63, 3.8) is 0 Å². The van der Waals surface area contributed by atoms with Gasteiger partial charge in [0.1, 0.15) is 22.8 Å². The third kappa shape index (κ3) is 2.47. The van der Waals surface area contributed by atoms with E-state index >= 15 is 0 Å². The number of primary amides is 1. The fourth-order valence-corrected chi connectivity index (χ4v) is 6.09. The summed E-state index contributed by atoms with van der Waals surface area (Å²) in [5.74, 6) is -5.98. The number of carbonyl (C=O) groups is 3. The number of aromatic hydroxyl groups is 1. The molecule has 4 unspecified atom stereocenters. The van der Waals surface area contributed by atoms with E-state index in [0.717, 1.165) is 0 Å². The Kier molecular flexibility index (Phi) is 4.49. The molecule has 0 saturated heterocycles. The number of hydrogen-bond donors (Lipinski definition) is 5. The van der Waals surface area contributed by atoms with Gasteiger partial charge in [-0.2, -0.15) is 0 Å². The molecule has 0 spiro atoms. The molecule has 0 aromatic heterocycles. The average Bonchev–Trinajstić information content (AvgIpc) is 2.64. The largest absolute Gasteiger partial charge is 0.510 e. The van der Waals surface area contributed by atoms with E-state index in [1.165, 1.54) is 22.7 Å². The summed E-state index contributed by atoms with van der Waals surface area (Å²) in [6, 6.07) is 3.57. The summed E-state index contributed by atoms with van der Waals surface area (Å²) < 4.78 is 0. The Hall–Kier alpha value is -2.82. The number of nitrogens with two attached hydrogens (primary N) is 1. The second-order valence-corrected chi connectivity index (χ2v) is 9.06. The van der Waals surface area contributed by atoms with Crippen LogP contribution in [0.25, 0.3) is 0 Å². The highest BCUT2D eigenvalue weighted by Crippen LogP contribution is 2.54. The lowest BCUT2D eigenvalue weighted by atomic mass is 9.63. The molecule has 158 valence electrons. The van der Waals surface area contributed by atoms with Gasteiger partial charge in [0.05, 0.1) is 17.2 Å². The summed E-state index contributed by atoms with van der Waals surface area (Å²) >= 11 is 1.21. The van der Waals surface area contributed by atoms with E-state index in [0.29, 0.717) is 4.90 Å². The molecule has 0 bridgehead atoms. The van der Waals surface area contributed by atoms with Gasteiger partial charge < -0.3 is 26.2 Å². The summed E-state index contributed by atoms with van der Waals surface area (Å²) in [6.07, 6.45) is 0.0477. The van der Waals surface area contributed by atoms with Gasteiger partial charge in [-0.15, -0.1) is 11.8 Å². The molecule has 0 saturated carbocycles. The molecule has 1 aromatic rings. The minimum Gasteiger partial charge on any atom is -0.510 e. The third-order valence-electron chi connectivity index (χ3n) is 5.98. The van der Waals surface area contributed by atoms with Crippen LogP contribution < -0.4 is 5.73 Å². The number of hydrogen-bond acceptors (Lipinski definition) is 9. The molecule has 1 amide bonds. The Morgan fingerprint density at radius 2 is 1.90 bits per heavy atom. The van der Waals surface area contributed by atoms with Crippen molar-refractivity contribution in [2.75, 3.05) is 14.1 Å². The van der Waals surface area contributed by atoms with Gasteiger partial charge in [0.25, 0.3) is 5.91 Å². The van der Waals surface area contributed by atoms with E-state index in [2.05, 4.69) is 0 Å². The number of aliphatic hydroxyl groups is 3. The Bertz CT molecular complexity index is 1080. The van der Waals surface area contributed by atoms with Crippen molar-refractivity contribution in [1.29, 1.82) is 0 Å². The quantitative estimate of drug-likeness (QED) is 0.417. The van der Waals surface area contributed by atoms with E-state index < -0.39 is 57.4 Å². The molecule has 10 heteroatoms. The molecular weight excluding hydrogens is 412 g/mol. The van der Waals surface area contributed by atoms with Crippen LogP contribution in [0.1, 0.15) is 16.8 Å². The number of rotatable bonds is 2. The van der Waals surface area contributed by atoms with Crippen molar-refractivity contribution in [2.24, 2.45) is 11.7 Å². The monoisotopic (exact) mass is 432 g/mol. The number of nitrogens with zero attached hydrogens (tertiary/aromatic N) is 1. The van der Waals surface area contributed by atoms with Gasteiger partial charge in [0, 0.05) is 16.1 Å². The van der Waals surface area contributed by atoms with Crippen molar-refractivity contribution >= 4 is 29.2 Å². The van der Waals surface area contributed by atoms with Gasteiger partial charge in [0.2, 0.25) is 5.78 Å². The molecule has 1 aliphatic heterocycles.